The Morgan fingerprint density at radius 3 is 2.53 bits per heavy atom. The SMILES string of the molecule is Nc1ccc(O)c(CNc2ccccc2O)c1. The van der Waals surface area contributed by atoms with E-state index < -0.39 is 0 Å². The van der Waals surface area contributed by atoms with E-state index in [4.69, 9.17) is 5.73 Å². The second kappa shape index (κ2) is 4.65. The second-order valence-corrected chi connectivity index (χ2v) is 3.76. The molecule has 0 bridgehead atoms. The van der Waals surface area contributed by atoms with Gasteiger partial charge in [-0.1, -0.05) is 12.1 Å². The van der Waals surface area contributed by atoms with Crippen LogP contribution in [0.1, 0.15) is 5.56 Å². The zero-order chi connectivity index (χ0) is 12.3. The van der Waals surface area contributed by atoms with Gasteiger partial charge in [-0.15, -0.1) is 0 Å². The molecule has 0 fully saturated rings. The molecule has 0 unspecified atom stereocenters. The molecule has 0 saturated carbocycles. The first-order chi connectivity index (χ1) is 8.16. The average molecular weight is 230 g/mol. The van der Waals surface area contributed by atoms with Crippen molar-refractivity contribution >= 4 is 11.4 Å². The van der Waals surface area contributed by atoms with Crippen LogP contribution in [0.3, 0.4) is 0 Å². The monoisotopic (exact) mass is 230 g/mol. The molecule has 5 N–H and O–H groups in total. The number of phenols is 2. The largest absolute Gasteiger partial charge is 0.508 e. The molecule has 17 heavy (non-hydrogen) atoms. The number of anilines is 2. The molecule has 0 spiro atoms. The second-order valence-electron chi connectivity index (χ2n) is 3.76. The molecule has 88 valence electrons. The highest BCUT2D eigenvalue weighted by Crippen LogP contribution is 2.25. The summed E-state index contributed by atoms with van der Waals surface area (Å²) in [7, 11) is 0. The number of hydrogen-bond donors (Lipinski definition) is 4. The van der Waals surface area contributed by atoms with Gasteiger partial charge in [-0.25, -0.2) is 0 Å². The van der Waals surface area contributed by atoms with Crippen molar-refractivity contribution in [3.8, 4) is 11.5 Å². The Morgan fingerprint density at radius 2 is 1.76 bits per heavy atom. The number of benzene rings is 2. The van der Waals surface area contributed by atoms with Crippen molar-refractivity contribution in [3.63, 3.8) is 0 Å². The van der Waals surface area contributed by atoms with Gasteiger partial charge in [-0.3, -0.25) is 0 Å². The van der Waals surface area contributed by atoms with Crippen LogP contribution in [0.5, 0.6) is 11.5 Å². The predicted molar refractivity (Wildman–Crippen MR) is 68.0 cm³/mol. The quantitative estimate of drug-likeness (QED) is 0.370. The first-order valence-electron chi connectivity index (χ1n) is 5.26. The molecule has 2 aromatic rings. The van der Waals surface area contributed by atoms with E-state index in [2.05, 4.69) is 5.32 Å². The van der Waals surface area contributed by atoms with Crippen molar-refractivity contribution in [1.29, 1.82) is 0 Å². The summed E-state index contributed by atoms with van der Waals surface area (Å²) in [4.78, 5) is 0. The van der Waals surface area contributed by atoms with Crippen molar-refractivity contribution in [2.45, 2.75) is 6.54 Å². The van der Waals surface area contributed by atoms with E-state index in [9.17, 15) is 10.2 Å². The Hall–Kier alpha value is -2.36. The number of phenolic OH excluding ortho intramolecular Hbond substituents is 2. The first kappa shape index (κ1) is 11.1. The lowest BCUT2D eigenvalue weighted by Crippen LogP contribution is -2.00. The lowest BCUT2D eigenvalue weighted by molar-refractivity contribution is 0.468. The Balaban J connectivity index is 2.12. The fraction of sp³-hybridized carbons (Fsp3) is 0.0769. The highest BCUT2D eigenvalue weighted by atomic mass is 16.3. The van der Waals surface area contributed by atoms with E-state index in [1.807, 2.05) is 6.07 Å². The predicted octanol–water partition coefficient (Wildman–Crippen LogP) is 2.29. The molecular weight excluding hydrogens is 216 g/mol. The zero-order valence-corrected chi connectivity index (χ0v) is 9.22. The van der Waals surface area contributed by atoms with E-state index in [1.54, 1.807) is 36.4 Å². The number of hydrogen-bond acceptors (Lipinski definition) is 4. The minimum absolute atomic E-state index is 0.177. The summed E-state index contributed by atoms with van der Waals surface area (Å²) in [5.74, 6) is 0.359. The molecule has 0 aliphatic heterocycles. The molecule has 0 atom stereocenters. The van der Waals surface area contributed by atoms with Gasteiger partial charge in [0.15, 0.2) is 0 Å². The van der Waals surface area contributed by atoms with Crippen LogP contribution in [0.2, 0.25) is 0 Å². The van der Waals surface area contributed by atoms with E-state index in [-0.39, 0.29) is 11.5 Å². The maximum Gasteiger partial charge on any atom is 0.138 e. The topological polar surface area (TPSA) is 78.5 Å². The number of nitrogen functional groups attached to an aromatic ring is 1. The third kappa shape index (κ3) is 2.60. The summed E-state index contributed by atoms with van der Waals surface area (Å²) in [5.41, 5.74) is 7.54. The van der Waals surface area contributed by atoms with Crippen LogP contribution < -0.4 is 11.1 Å². The van der Waals surface area contributed by atoms with Gasteiger partial charge in [0, 0.05) is 17.8 Å². The molecule has 4 nitrogen and oxygen atoms in total. The van der Waals surface area contributed by atoms with Crippen molar-refractivity contribution in [3.05, 3.63) is 48.0 Å². The summed E-state index contributed by atoms with van der Waals surface area (Å²) in [6.45, 7) is 0.397. The number of para-hydroxylation sites is 2. The van der Waals surface area contributed by atoms with E-state index in [1.165, 1.54) is 0 Å². The summed E-state index contributed by atoms with van der Waals surface area (Å²) in [5, 5.41) is 22.2. The van der Waals surface area contributed by atoms with Crippen LogP contribution >= 0.6 is 0 Å². The summed E-state index contributed by atoms with van der Waals surface area (Å²) in [6.07, 6.45) is 0. The number of rotatable bonds is 3. The van der Waals surface area contributed by atoms with Gasteiger partial charge in [-0.2, -0.15) is 0 Å². The lowest BCUT2D eigenvalue weighted by atomic mass is 10.1. The van der Waals surface area contributed by atoms with Crippen LogP contribution in [-0.4, -0.2) is 10.2 Å². The Kier molecular flexibility index (Phi) is 3.05. The molecule has 2 aromatic carbocycles. The Labute approximate surface area is 99.3 Å². The van der Waals surface area contributed by atoms with Crippen molar-refractivity contribution < 1.29 is 10.2 Å². The maximum atomic E-state index is 9.62. The third-order valence-corrected chi connectivity index (χ3v) is 2.48. The van der Waals surface area contributed by atoms with Gasteiger partial charge < -0.3 is 21.3 Å². The molecular formula is C13H14N2O2. The first-order valence-corrected chi connectivity index (χ1v) is 5.26. The number of aromatic hydroxyl groups is 2. The highest BCUT2D eigenvalue weighted by Gasteiger charge is 2.03. The third-order valence-electron chi connectivity index (χ3n) is 2.48. The lowest BCUT2D eigenvalue weighted by Gasteiger charge is -2.10. The molecule has 0 aliphatic carbocycles. The van der Waals surface area contributed by atoms with Gasteiger partial charge in [0.25, 0.3) is 0 Å². The summed E-state index contributed by atoms with van der Waals surface area (Å²) < 4.78 is 0. The average Bonchev–Trinajstić information content (AvgIpc) is 2.32. The minimum atomic E-state index is 0.177. The van der Waals surface area contributed by atoms with Crippen molar-refractivity contribution in [1.82, 2.24) is 0 Å². The van der Waals surface area contributed by atoms with E-state index in [0.29, 0.717) is 23.5 Å². The van der Waals surface area contributed by atoms with Crippen LogP contribution in [0, 0.1) is 0 Å². The Morgan fingerprint density at radius 1 is 1.00 bits per heavy atom. The zero-order valence-electron chi connectivity index (χ0n) is 9.22. The van der Waals surface area contributed by atoms with Crippen LogP contribution in [0.25, 0.3) is 0 Å². The fourth-order valence-electron chi connectivity index (χ4n) is 1.56. The maximum absolute atomic E-state index is 9.62. The van der Waals surface area contributed by atoms with Gasteiger partial charge in [-0.05, 0) is 30.3 Å². The molecule has 4 heteroatoms. The number of nitrogens with one attached hydrogen (secondary N) is 1. The molecule has 0 aliphatic rings. The van der Waals surface area contributed by atoms with Crippen LogP contribution in [0.15, 0.2) is 42.5 Å². The molecule has 0 heterocycles. The summed E-state index contributed by atoms with van der Waals surface area (Å²) >= 11 is 0. The van der Waals surface area contributed by atoms with E-state index >= 15 is 0 Å². The Bertz CT molecular complexity index is 527. The fourth-order valence-corrected chi connectivity index (χ4v) is 1.56. The molecule has 2 rings (SSSR count). The smallest absolute Gasteiger partial charge is 0.138 e. The highest BCUT2D eigenvalue weighted by molar-refractivity contribution is 5.56. The normalized spacial score (nSPS) is 10.1. The molecule has 0 saturated heterocycles. The van der Waals surface area contributed by atoms with Gasteiger partial charge >= 0.3 is 0 Å². The molecule has 0 amide bonds. The van der Waals surface area contributed by atoms with E-state index in [0.717, 1.165) is 0 Å². The van der Waals surface area contributed by atoms with Crippen LogP contribution in [-0.2, 0) is 6.54 Å². The van der Waals surface area contributed by atoms with Crippen molar-refractivity contribution in [2.75, 3.05) is 11.1 Å². The van der Waals surface area contributed by atoms with Gasteiger partial charge in [0.05, 0.1) is 5.69 Å². The minimum Gasteiger partial charge on any atom is -0.508 e. The molecule has 0 aromatic heterocycles. The summed E-state index contributed by atoms with van der Waals surface area (Å²) in [6, 6.07) is 11.8. The van der Waals surface area contributed by atoms with Crippen LogP contribution in [0.4, 0.5) is 11.4 Å². The van der Waals surface area contributed by atoms with Gasteiger partial charge in [0.1, 0.15) is 11.5 Å². The number of nitrogens with two attached hydrogens (primary N) is 1. The van der Waals surface area contributed by atoms with Crippen molar-refractivity contribution in [2.24, 2.45) is 0 Å². The molecule has 0 radical (unpaired) electrons. The van der Waals surface area contributed by atoms with Gasteiger partial charge in [0.2, 0.25) is 0 Å². The standard InChI is InChI=1S/C13H14N2O2/c14-10-5-6-12(16)9(7-10)8-15-11-3-1-2-4-13(11)17/h1-7,15-17H,8,14H2.